The minimum atomic E-state index is -0.645. The van der Waals surface area contributed by atoms with Gasteiger partial charge in [0, 0.05) is 151 Å². The molecule has 1 aromatic heterocycles. The molecule has 0 saturated carbocycles. The van der Waals surface area contributed by atoms with Crippen LogP contribution in [0.3, 0.4) is 0 Å². The molecule has 9 aliphatic heterocycles. The number of aliphatic hydroxyl groups is 1. The molecule has 14 rings (SSSR count). The molecule has 3 spiro atoms. The van der Waals surface area contributed by atoms with Crippen molar-refractivity contribution in [1.29, 1.82) is 0 Å². The summed E-state index contributed by atoms with van der Waals surface area (Å²) in [5, 5.41) is 9.47. The summed E-state index contributed by atoms with van der Waals surface area (Å²) < 4.78 is 64.9. The molecule has 5 amide bonds. The van der Waals surface area contributed by atoms with E-state index in [0.717, 1.165) is 196 Å². The van der Waals surface area contributed by atoms with Crippen LogP contribution in [0.2, 0.25) is 0 Å². The number of carbonyl (C=O) groups is 4. The second-order valence-corrected chi connectivity index (χ2v) is 29.2. The molecule has 9 aliphatic rings. The summed E-state index contributed by atoms with van der Waals surface area (Å²) in [7, 11) is 5.21. The van der Waals surface area contributed by atoms with Gasteiger partial charge in [-0.1, -0.05) is 30.3 Å². The highest BCUT2D eigenvalue weighted by atomic mass is 19.1. The van der Waals surface area contributed by atoms with Crippen molar-refractivity contribution in [2.45, 2.75) is 138 Å². The maximum Gasteiger partial charge on any atom is 0.409 e. The molecule has 6 fully saturated rings. The van der Waals surface area contributed by atoms with Crippen LogP contribution in [0.1, 0.15) is 114 Å². The molecule has 6 saturated heterocycles. The molecule has 23 heteroatoms. The fourth-order valence-electron chi connectivity index (χ4n) is 17.6. The van der Waals surface area contributed by atoms with Gasteiger partial charge in [-0.3, -0.25) is 19.5 Å². The van der Waals surface area contributed by atoms with Gasteiger partial charge >= 0.3 is 12.1 Å². The number of methoxy groups -OCH3 is 1. The molecule has 0 unspecified atom stereocenters. The Morgan fingerprint density at radius 3 is 1.67 bits per heavy atom. The molecule has 534 valence electrons. The molecule has 1 atom stereocenters. The lowest BCUT2D eigenvalue weighted by Crippen LogP contribution is -2.53. The maximum atomic E-state index is 14.3. The molecule has 99 heavy (non-hydrogen) atoms. The van der Waals surface area contributed by atoms with E-state index in [1.54, 1.807) is 98.5 Å². The number of para-hydroxylation sites is 1. The fourth-order valence-corrected chi connectivity index (χ4v) is 17.6. The molecular formula is C76H100F4N12O7. The van der Waals surface area contributed by atoms with Crippen molar-refractivity contribution < 1.29 is 51.3 Å². The minimum absolute atomic E-state index is 0.00144. The molecule has 4 aromatic carbocycles. The predicted molar refractivity (Wildman–Crippen MR) is 376 cm³/mol. The lowest BCUT2D eigenvalue weighted by Gasteiger charge is -2.45. The van der Waals surface area contributed by atoms with E-state index in [4.69, 9.17) is 14.5 Å². The highest BCUT2D eigenvalue weighted by molar-refractivity contribution is 5.95. The van der Waals surface area contributed by atoms with Gasteiger partial charge in [0.25, 0.3) is 0 Å². The zero-order valence-corrected chi connectivity index (χ0v) is 58.4. The summed E-state index contributed by atoms with van der Waals surface area (Å²) >= 11 is 0. The van der Waals surface area contributed by atoms with E-state index in [1.807, 2.05) is 28.0 Å². The summed E-state index contributed by atoms with van der Waals surface area (Å²) in [6.07, 6.45) is 14.4. The zero-order valence-electron chi connectivity index (χ0n) is 58.4. The van der Waals surface area contributed by atoms with Crippen LogP contribution < -0.4 is 19.6 Å². The van der Waals surface area contributed by atoms with Crippen LogP contribution in [-0.4, -0.2) is 238 Å². The minimum Gasteiger partial charge on any atom is -0.447 e. The molecule has 19 nitrogen and oxygen atoms in total. The summed E-state index contributed by atoms with van der Waals surface area (Å²) in [4.78, 5) is 79.6. The second-order valence-electron chi connectivity index (χ2n) is 29.2. The number of alkyl halides is 1. The van der Waals surface area contributed by atoms with Crippen LogP contribution in [0.15, 0.2) is 97.3 Å². The molecule has 0 radical (unpaired) electrons. The molecular weight excluding hydrogens is 1270 g/mol. The lowest BCUT2D eigenvalue weighted by atomic mass is 9.74. The highest BCUT2D eigenvalue weighted by Crippen LogP contribution is 2.51. The van der Waals surface area contributed by atoms with Crippen molar-refractivity contribution in [3.63, 3.8) is 0 Å². The van der Waals surface area contributed by atoms with Gasteiger partial charge in [-0.2, -0.15) is 0 Å². The van der Waals surface area contributed by atoms with E-state index in [-0.39, 0.29) is 64.6 Å². The summed E-state index contributed by atoms with van der Waals surface area (Å²) in [5.74, 6) is 0.295. The van der Waals surface area contributed by atoms with Gasteiger partial charge in [0.2, 0.25) is 11.8 Å². The van der Waals surface area contributed by atoms with Crippen LogP contribution in [0.4, 0.5) is 50.0 Å². The number of rotatable bonds is 12. The van der Waals surface area contributed by atoms with E-state index >= 15 is 0 Å². The van der Waals surface area contributed by atoms with Crippen LogP contribution in [0.25, 0.3) is 11.3 Å². The Hall–Kier alpha value is -7.44. The predicted octanol–water partition coefficient (Wildman–Crippen LogP) is 10.3. The van der Waals surface area contributed by atoms with E-state index in [2.05, 4.69) is 47.7 Å². The number of carbonyl (C=O) groups excluding carboxylic acids is 4. The Bertz CT molecular complexity index is 3610. The normalized spacial score (nSPS) is 21.2. The largest absolute Gasteiger partial charge is 0.447 e. The third kappa shape index (κ3) is 15.6. The quantitative estimate of drug-likeness (QED) is 0.117. The van der Waals surface area contributed by atoms with Crippen molar-refractivity contribution in [3.8, 4) is 11.3 Å². The Morgan fingerprint density at radius 1 is 0.606 bits per heavy atom. The van der Waals surface area contributed by atoms with E-state index in [0.29, 0.717) is 55.6 Å². The summed E-state index contributed by atoms with van der Waals surface area (Å²) in [6, 6.07) is 26.6. The number of aliphatic hydroxyl groups excluding tert-OH is 1. The number of amides is 5. The van der Waals surface area contributed by atoms with Crippen molar-refractivity contribution in [1.82, 2.24) is 39.4 Å². The van der Waals surface area contributed by atoms with Gasteiger partial charge in [-0.25, -0.2) is 32.1 Å². The maximum absolute atomic E-state index is 14.3. The number of ether oxygens (including phenoxy) is 2. The molecule has 1 N–H and O–H groups in total. The van der Waals surface area contributed by atoms with Crippen molar-refractivity contribution in [2.75, 3.05) is 165 Å². The second kappa shape index (κ2) is 31.2. The monoisotopic (exact) mass is 1370 g/mol. The highest BCUT2D eigenvalue weighted by Gasteiger charge is 2.50. The topological polar surface area (TPSA) is 165 Å². The lowest BCUT2D eigenvalue weighted by molar-refractivity contribution is -0.134. The van der Waals surface area contributed by atoms with Crippen LogP contribution >= 0.6 is 0 Å². The Morgan fingerprint density at radius 2 is 1.11 bits per heavy atom. The van der Waals surface area contributed by atoms with Crippen LogP contribution in [0, 0.1) is 17.5 Å². The number of anilines is 4. The Kier molecular flexibility index (Phi) is 22.5. The number of hydrogen-bond donors (Lipinski definition) is 1. The first kappa shape index (κ1) is 71.4. The number of piperidine rings is 6. The van der Waals surface area contributed by atoms with E-state index < -0.39 is 18.9 Å². The molecule has 5 aromatic rings. The number of likely N-dealkylation sites (tertiary alicyclic amines) is 5. The van der Waals surface area contributed by atoms with Gasteiger partial charge in [0.15, 0.2) is 0 Å². The third-order valence-electron chi connectivity index (χ3n) is 23.1. The number of nitrogens with zero attached hydrogens (tertiary/aromatic N) is 12. The van der Waals surface area contributed by atoms with Gasteiger partial charge in [0.1, 0.15) is 36.6 Å². The summed E-state index contributed by atoms with van der Waals surface area (Å²) in [5.41, 5.74) is 7.49. The molecule has 10 heterocycles. The van der Waals surface area contributed by atoms with E-state index in [9.17, 15) is 41.8 Å². The number of fused-ring (bicyclic) bond motifs is 6. The zero-order chi connectivity index (χ0) is 69.6. The first-order valence-corrected chi connectivity index (χ1v) is 36.0. The summed E-state index contributed by atoms with van der Waals surface area (Å²) in [6.45, 7) is 16.8. The van der Waals surface area contributed by atoms with Crippen LogP contribution in [-0.2, 0) is 35.3 Å². The fraction of sp³-hybridized carbons (Fsp3) is 0.579. The number of hydrogen-bond acceptors (Lipinski definition) is 14. The van der Waals surface area contributed by atoms with Gasteiger partial charge in [-0.15, -0.1) is 0 Å². The van der Waals surface area contributed by atoms with Gasteiger partial charge in [-0.05, 0) is 195 Å². The van der Waals surface area contributed by atoms with Crippen molar-refractivity contribution in [3.05, 3.63) is 131 Å². The van der Waals surface area contributed by atoms with Gasteiger partial charge in [0.05, 0.1) is 37.2 Å². The Balaban J connectivity index is 0.000000142. The van der Waals surface area contributed by atoms with Crippen molar-refractivity contribution >= 4 is 46.8 Å². The number of urea groups is 1. The Labute approximate surface area is 581 Å². The first-order chi connectivity index (χ1) is 47.8. The number of aromatic nitrogens is 2. The standard InChI is InChI=1S/C29H32FN5O.C24H35FN4O3.C23H33F2N3O3/c1-21(36)35-20-29(24-7-3-5-9-27(24)35)12-16-33(17-13-29)22-10-14-34(15-11-22)28-19-31-18-26(32-28)23-6-2-4-8-25(23)30;1-17(30)14-22(31)28-10-6-19(7-11-28)27-12-8-24(9-13-27)16-29(23(32)26(2)3)21-5-4-18(25)15-20(21)24;1-30-15-13-28-17-23(20-16-18(25)2-3-21(20)28)6-11-26(12-7-23)19-4-9-27(10-5-19)22(29)31-14-8-24/h2-9,18-19,22H,10-17,20H2,1H3;4-5,15,17,19,30H,6-14,16H2,1-3H3;2-3,16,19H,4-15,17H2,1H3/t;17-;/m.1./s1. The van der Waals surface area contributed by atoms with Crippen molar-refractivity contribution in [2.24, 2.45) is 0 Å². The van der Waals surface area contributed by atoms with Crippen LogP contribution in [0.5, 0.6) is 0 Å². The third-order valence-corrected chi connectivity index (χ3v) is 23.1. The average molecular weight is 1370 g/mol. The molecule has 0 aliphatic carbocycles. The van der Waals surface area contributed by atoms with Gasteiger partial charge < -0.3 is 58.7 Å². The number of benzene rings is 4. The SMILES string of the molecule is CC(=O)N1CC2(CCN(C3CCN(c4cncc(-c5ccccc5F)n4)CC3)CC2)c2ccccc21.COCCN1CC2(CCN(C3CCN(C(=O)OCCF)CC3)CC2)c2cc(F)ccc21.C[C@@H](O)CC(=O)N1CCC(N2CCC3(CC2)CN(C(=O)N(C)C)c2ccc(F)cc23)CC1. The smallest absolute Gasteiger partial charge is 0.409 e. The number of halogens is 4. The average Bonchev–Trinajstić information content (AvgIpc) is 1.61. The first-order valence-electron chi connectivity index (χ1n) is 36.0. The molecule has 0 bridgehead atoms. The van der Waals surface area contributed by atoms with E-state index in [1.165, 1.54) is 17.7 Å².